The predicted molar refractivity (Wildman–Crippen MR) is 106 cm³/mol. The fourth-order valence-electron chi connectivity index (χ4n) is 2.97. The SMILES string of the molecule is CCCCCCCCCCCCCCCCCNC(=O)OCCCO. The van der Waals surface area contributed by atoms with Crippen LogP contribution in [0.1, 0.15) is 110 Å². The van der Waals surface area contributed by atoms with Gasteiger partial charge in [0.05, 0.1) is 6.61 Å². The zero-order valence-corrected chi connectivity index (χ0v) is 16.7. The van der Waals surface area contributed by atoms with Crippen molar-refractivity contribution in [2.45, 2.75) is 110 Å². The quantitative estimate of drug-likeness (QED) is 0.280. The van der Waals surface area contributed by atoms with Gasteiger partial charge in [0, 0.05) is 19.6 Å². The normalized spacial score (nSPS) is 10.8. The van der Waals surface area contributed by atoms with Crippen molar-refractivity contribution < 1.29 is 14.6 Å². The first-order chi connectivity index (χ1) is 12.3. The number of hydrogen-bond acceptors (Lipinski definition) is 3. The smallest absolute Gasteiger partial charge is 0.407 e. The number of rotatable bonds is 19. The highest BCUT2D eigenvalue weighted by atomic mass is 16.5. The van der Waals surface area contributed by atoms with Gasteiger partial charge in [0.1, 0.15) is 0 Å². The number of carbonyl (C=O) groups excluding carboxylic acids is 1. The molecule has 0 aromatic heterocycles. The van der Waals surface area contributed by atoms with Gasteiger partial charge in [-0.1, -0.05) is 96.8 Å². The Morgan fingerprint density at radius 3 is 1.60 bits per heavy atom. The van der Waals surface area contributed by atoms with Gasteiger partial charge in [-0.25, -0.2) is 4.79 Å². The predicted octanol–water partition coefficient (Wildman–Crippen LogP) is 5.97. The third-order valence-electron chi connectivity index (χ3n) is 4.59. The van der Waals surface area contributed by atoms with Crippen molar-refractivity contribution in [2.24, 2.45) is 0 Å². The number of carbonyl (C=O) groups is 1. The van der Waals surface area contributed by atoms with Crippen LogP contribution in [0.2, 0.25) is 0 Å². The number of hydrogen-bond donors (Lipinski definition) is 2. The van der Waals surface area contributed by atoms with Crippen LogP contribution in [0.4, 0.5) is 4.79 Å². The highest BCUT2D eigenvalue weighted by Gasteiger charge is 2.00. The molecule has 0 saturated heterocycles. The van der Waals surface area contributed by atoms with Gasteiger partial charge in [-0.2, -0.15) is 0 Å². The number of ether oxygens (including phenoxy) is 1. The van der Waals surface area contributed by atoms with Crippen molar-refractivity contribution in [2.75, 3.05) is 19.8 Å². The molecule has 0 aliphatic heterocycles. The summed E-state index contributed by atoms with van der Waals surface area (Å²) in [7, 11) is 0. The fourth-order valence-corrected chi connectivity index (χ4v) is 2.97. The number of aliphatic hydroxyl groups is 1. The van der Waals surface area contributed by atoms with Gasteiger partial charge >= 0.3 is 6.09 Å². The van der Waals surface area contributed by atoms with Crippen LogP contribution in [0, 0.1) is 0 Å². The van der Waals surface area contributed by atoms with E-state index >= 15 is 0 Å². The van der Waals surface area contributed by atoms with Crippen LogP contribution >= 0.6 is 0 Å². The number of unbranched alkanes of at least 4 members (excludes halogenated alkanes) is 14. The van der Waals surface area contributed by atoms with Gasteiger partial charge in [-0.3, -0.25) is 0 Å². The maximum absolute atomic E-state index is 11.3. The Hall–Kier alpha value is -0.770. The molecule has 0 atom stereocenters. The van der Waals surface area contributed by atoms with E-state index in [0.717, 1.165) is 6.42 Å². The molecule has 0 radical (unpaired) electrons. The number of nitrogens with one attached hydrogen (secondary N) is 1. The molecule has 150 valence electrons. The van der Waals surface area contributed by atoms with Crippen molar-refractivity contribution in [3.63, 3.8) is 0 Å². The molecule has 0 unspecified atom stereocenters. The molecule has 2 N–H and O–H groups in total. The minimum atomic E-state index is -0.362. The maximum atomic E-state index is 11.3. The van der Waals surface area contributed by atoms with Gasteiger partial charge in [-0.05, 0) is 6.42 Å². The highest BCUT2D eigenvalue weighted by Crippen LogP contribution is 2.13. The largest absolute Gasteiger partial charge is 0.449 e. The summed E-state index contributed by atoms with van der Waals surface area (Å²) in [5, 5.41) is 11.3. The standard InChI is InChI=1S/C21H43NO3/c1-2-3-4-5-6-7-8-9-10-11-12-13-14-15-16-18-22-21(24)25-20-17-19-23/h23H,2-20H2,1H3,(H,22,24). The summed E-state index contributed by atoms with van der Waals surface area (Å²) in [6, 6.07) is 0. The second-order valence-corrected chi connectivity index (χ2v) is 7.09. The Bertz CT molecular complexity index is 272. The summed E-state index contributed by atoms with van der Waals surface area (Å²) in [4.78, 5) is 11.3. The van der Waals surface area contributed by atoms with Crippen LogP contribution in [0.3, 0.4) is 0 Å². The van der Waals surface area contributed by atoms with Gasteiger partial charge < -0.3 is 15.2 Å². The molecule has 0 saturated carbocycles. The van der Waals surface area contributed by atoms with Crippen molar-refractivity contribution in [1.82, 2.24) is 5.32 Å². The first-order valence-corrected chi connectivity index (χ1v) is 10.8. The summed E-state index contributed by atoms with van der Waals surface area (Å²) in [5.74, 6) is 0. The number of aliphatic hydroxyl groups excluding tert-OH is 1. The lowest BCUT2D eigenvalue weighted by molar-refractivity contribution is 0.135. The minimum Gasteiger partial charge on any atom is -0.449 e. The average molecular weight is 358 g/mol. The first-order valence-electron chi connectivity index (χ1n) is 10.8. The molecule has 0 aromatic rings. The molecular weight excluding hydrogens is 314 g/mol. The molecule has 0 bridgehead atoms. The van der Waals surface area contributed by atoms with Crippen molar-refractivity contribution in [3.05, 3.63) is 0 Å². The van der Waals surface area contributed by atoms with Crippen LogP contribution in [-0.4, -0.2) is 31.0 Å². The van der Waals surface area contributed by atoms with E-state index < -0.39 is 0 Å². The van der Waals surface area contributed by atoms with Gasteiger partial charge in [0.15, 0.2) is 0 Å². The third kappa shape index (κ3) is 21.2. The van der Waals surface area contributed by atoms with Crippen molar-refractivity contribution in [3.8, 4) is 0 Å². The third-order valence-corrected chi connectivity index (χ3v) is 4.59. The molecule has 0 rings (SSSR count). The molecule has 0 aromatic carbocycles. The van der Waals surface area contributed by atoms with E-state index in [-0.39, 0.29) is 12.7 Å². The topological polar surface area (TPSA) is 58.6 Å². The molecule has 0 aliphatic carbocycles. The second-order valence-electron chi connectivity index (χ2n) is 7.09. The maximum Gasteiger partial charge on any atom is 0.407 e. The first kappa shape index (κ1) is 24.2. The Morgan fingerprint density at radius 1 is 0.720 bits per heavy atom. The van der Waals surface area contributed by atoms with E-state index in [1.807, 2.05) is 0 Å². The summed E-state index contributed by atoms with van der Waals surface area (Å²) in [6.07, 6.45) is 20.4. The minimum absolute atomic E-state index is 0.0618. The molecule has 4 nitrogen and oxygen atoms in total. The molecule has 25 heavy (non-hydrogen) atoms. The average Bonchev–Trinajstić information content (AvgIpc) is 2.61. The molecular formula is C21H43NO3. The van der Waals surface area contributed by atoms with Gasteiger partial charge in [-0.15, -0.1) is 0 Å². The van der Waals surface area contributed by atoms with Crippen LogP contribution in [0.25, 0.3) is 0 Å². The van der Waals surface area contributed by atoms with E-state index in [9.17, 15) is 4.79 Å². The highest BCUT2D eigenvalue weighted by molar-refractivity contribution is 5.66. The van der Waals surface area contributed by atoms with Gasteiger partial charge in [0.2, 0.25) is 0 Å². The Labute approximate surface area is 156 Å². The fraction of sp³-hybridized carbons (Fsp3) is 0.952. The van der Waals surface area contributed by atoms with E-state index in [0.29, 0.717) is 19.6 Å². The van der Waals surface area contributed by atoms with E-state index in [2.05, 4.69) is 12.2 Å². The lowest BCUT2D eigenvalue weighted by Gasteiger charge is -2.06. The second kappa shape index (κ2) is 21.3. The van der Waals surface area contributed by atoms with E-state index in [4.69, 9.17) is 9.84 Å². The molecule has 1 amide bonds. The van der Waals surface area contributed by atoms with Crippen LogP contribution in [0.15, 0.2) is 0 Å². The Balaban J connectivity index is 3.06. The number of amides is 1. The van der Waals surface area contributed by atoms with E-state index in [1.165, 1.54) is 89.9 Å². The number of alkyl carbamates (subject to hydrolysis) is 1. The lowest BCUT2D eigenvalue weighted by atomic mass is 10.0. The molecule has 0 aliphatic rings. The molecule has 0 spiro atoms. The van der Waals surface area contributed by atoms with Gasteiger partial charge in [0.25, 0.3) is 0 Å². The summed E-state index contributed by atoms with van der Waals surface area (Å²) < 4.78 is 4.90. The monoisotopic (exact) mass is 357 g/mol. The van der Waals surface area contributed by atoms with Crippen LogP contribution in [-0.2, 0) is 4.74 Å². The van der Waals surface area contributed by atoms with Crippen molar-refractivity contribution in [1.29, 1.82) is 0 Å². The zero-order chi connectivity index (χ0) is 18.4. The molecule has 4 heteroatoms. The van der Waals surface area contributed by atoms with E-state index in [1.54, 1.807) is 0 Å². The van der Waals surface area contributed by atoms with Crippen LogP contribution in [0.5, 0.6) is 0 Å². The summed E-state index contributed by atoms with van der Waals surface area (Å²) in [5.41, 5.74) is 0. The zero-order valence-electron chi connectivity index (χ0n) is 16.7. The summed E-state index contributed by atoms with van der Waals surface area (Å²) >= 11 is 0. The Morgan fingerprint density at radius 2 is 1.16 bits per heavy atom. The Kier molecular flexibility index (Phi) is 20.6. The van der Waals surface area contributed by atoms with Crippen molar-refractivity contribution >= 4 is 6.09 Å². The molecule has 0 fully saturated rings. The molecule has 0 heterocycles. The summed E-state index contributed by atoms with van der Waals surface area (Å²) in [6.45, 7) is 3.32. The lowest BCUT2D eigenvalue weighted by Crippen LogP contribution is -2.25. The van der Waals surface area contributed by atoms with Crippen LogP contribution < -0.4 is 5.32 Å².